The molecule has 0 saturated carbocycles. The third kappa shape index (κ3) is 2.99. The van der Waals surface area contributed by atoms with Crippen molar-refractivity contribution in [3.05, 3.63) is 18.2 Å². The van der Waals surface area contributed by atoms with E-state index in [0.717, 1.165) is 32.7 Å². The first-order chi connectivity index (χ1) is 9.10. The van der Waals surface area contributed by atoms with Crippen LogP contribution in [0.25, 0.3) is 0 Å². The fraction of sp³-hybridized carbons (Fsp3) is 0.786. The van der Waals surface area contributed by atoms with Gasteiger partial charge in [-0.15, -0.1) is 0 Å². The van der Waals surface area contributed by atoms with Gasteiger partial charge in [0.05, 0.1) is 31.3 Å². The largest absolute Gasteiger partial charge is 0.378 e. The van der Waals surface area contributed by atoms with E-state index in [1.807, 2.05) is 12.5 Å². The van der Waals surface area contributed by atoms with E-state index in [1.165, 1.54) is 5.69 Å². The number of aryl methyl sites for hydroxylation is 1. The number of hydrogen-bond donors (Lipinski definition) is 1. The van der Waals surface area contributed by atoms with Crippen molar-refractivity contribution in [3.63, 3.8) is 0 Å². The molecule has 2 heterocycles. The summed E-state index contributed by atoms with van der Waals surface area (Å²) in [5, 5.41) is 0. The molecule has 1 aromatic rings. The van der Waals surface area contributed by atoms with Crippen LogP contribution in [-0.4, -0.2) is 46.3 Å². The van der Waals surface area contributed by atoms with Gasteiger partial charge in [0, 0.05) is 31.4 Å². The second kappa shape index (κ2) is 6.03. The number of rotatable bonds is 5. The van der Waals surface area contributed by atoms with Crippen molar-refractivity contribution >= 4 is 0 Å². The minimum Gasteiger partial charge on any atom is -0.378 e. The van der Waals surface area contributed by atoms with Crippen molar-refractivity contribution in [1.82, 2.24) is 14.5 Å². The molecule has 1 aromatic heterocycles. The van der Waals surface area contributed by atoms with Gasteiger partial charge in [-0.3, -0.25) is 4.90 Å². The van der Waals surface area contributed by atoms with Gasteiger partial charge in [-0.05, 0) is 20.3 Å². The van der Waals surface area contributed by atoms with Crippen LogP contribution in [0.5, 0.6) is 0 Å². The van der Waals surface area contributed by atoms with Gasteiger partial charge in [0.1, 0.15) is 0 Å². The van der Waals surface area contributed by atoms with E-state index in [2.05, 4.69) is 35.2 Å². The Kier molecular flexibility index (Phi) is 4.60. The number of hydrogen-bond acceptors (Lipinski definition) is 4. The summed E-state index contributed by atoms with van der Waals surface area (Å²) in [5.74, 6) is 0. The summed E-state index contributed by atoms with van der Waals surface area (Å²) < 4.78 is 7.83. The molecule has 2 rings (SSSR count). The standard InChI is InChI=1S/C14H26N4O/c1-4-5-17-11-16-9-13(17)12(8-15)18-6-7-19-10-14(18,2)3/h9,11-12H,4-8,10,15H2,1-3H3. The summed E-state index contributed by atoms with van der Waals surface area (Å²) in [5.41, 5.74) is 7.30. The van der Waals surface area contributed by atoms with E-state index in [9.17, 15) is 0 Å². The average Bonchev–Trinajstić information content (AvgIpc) is 2.81. The van der Waals surface area contributed by atoms with Crippen LogP contribution in [-0.2, 0) is 11.3 Å². The fourth-order valence-electron chi connectivity index (χ4n) is 2.89. The van der Waals surface area contributed by atoms with E-state index >= 15 is 0 Å². The second-order valence-electron chi connectivity index (χ2n) is 5.82. The Labute approximate surface area is 115 Å². The molecule has 1 atom stereocenters. The van der Waals surface area contributed by atoms with Crippen LogP contribution in [0, 0.1) is 0 Å². The van der Waals surface area contributed by atoms with Crippen LogP contribution in [0.4, 0.5) is 0 Å². The summed E-state index contributed by atoms with van der Waals surface area (Å²) in [7, 11) is 0. The molecule has 0 aromatic carbocycles. The Morgan fingerprint density at radius 1 is 1.53 bits per heavy atom. The van der Waals surface area contributed by atoms with Gasteiger partial charge < -0.3 is 15.0 Å². The highest BCUT2D eigenvalue weighted by Crippen LogP contribution is 2.30. The lowest BCUT2D eigenvalue weighted by molar-refractivity contribution is -0.0725. The van der Waals surface area contributed by atoms with Crippen LogP contribution >= 0.6 is 0 Å². The van der Waals surface area contributed by atoms with Gasteiger partial charge in [0.2, 0.25) is 0 Å². The molecule has 0 bridgehead atoms. The molecule has 19 heavy (non-hydrogen) atoms. The van der Waals surface area contributed by atoms with Gasteiger partial charge in [-0.25, -0.2) is 4.98 Å². The molecular weight excluding hydrogens is 240 g/mol. The lowest BCUT2D eigenvalue weighted by atomic mass is 9.98. The molecule has 0 aliphatic carbocycles. The lowest BCUT2D eigenvalue weighted by Gasteiger charge is -2.46. The third-order valence-electron chi connectivity index (χ3n) is 3.86. The van der Waals surface area contributed by atoms with Gasteiger partial charge in [0.15, 0.2) is 0 Å². The molecule has 0 amide bonds. The van der Waals surface area contributed by atoms with Crippen molar-refractivity contribution in [2.75, 3.05) is 26.3 Å². The normalized spacial score (nSPS) is 21.5. The zero-order valence-corrected chi connectivity index (χ0v) is 12.3. The molecule has 1 fully saturated rings. The zero-order valence-electron chi connectivity index (χ0n) is 12.3. The summed E-state index contributed by atoms with van der Waals surface area (Å²) in [6, 6.07) is 0.216. The van der Waals surface area contributed by atoms with Crippen molar-refractivity contribution < 1.29 is 4.74 Å². The van der Waals surface area contributed by atoms with E-state index in [4.69, 9.17) is 10.5 Å². The van der Waals surface area contributed by atoms with Gasteiger partial charge in [0.25, 0.3) is 0 Å². The molecule has 1 saturated heterocycles. The highest BCUT2D eigenvalue weighted by Gasteiger charge is 2.36. The zero-order chi connectivity index (χ0) is 13.9. The van der Waals surface area contributed by atoms with Crippen LogP contribution in [0.3, 0.4) is 0 Å². The van der Waals surface area contributed by atoms with Crippen LogP contribution in [0.15, 0.2) is 12.5 Å². The highest BCUT2D eigenvalue weighted by atomic mass is 16.5. The molecule has 2 N–H and O–H groups in total. The fourth-order valence-corrected chi connectivity index (χ4v) is 2.89. The summed E-state index contributed by atoms with van der Waals surface area (Å²) in [6.07, 6.45) is 4.97. The molecule has 5 nitrogen and oxygen atoms in total. The molecule has 1 aliphatic heterocycles. The van der Waals surface area contributed by atoms with Crippen molar-refractivity contribution in [3.8, 4) is 0 Å². The maximum absolute atomic E-state index is 6.06. The maximum Gasteiger partial charge on any atom is 0.0948 e. The second-order valence-corrected chi connectivity index (χ2v) is 5.82. The number of morpholine rings is 1. The molecule has 108 valence electrons. The molecule has 1 aliphatic rings. The van der Waals surface area contributed by atoms with E-state index in [1.54, 1.807) is 0 Å². The summed E-state index contributed by atoms with van der Waals surface area (Å²) in [6.45, 7) is 10.7. The lowest BCUT2D eigenvalue weighted by Crippen LogP contribution is -2.55. The monoisotopic (exact) mass is 266 g/mol. The minimum atomic E-state index is 0.0175. The number of nitrogens with two attached hydrogens (primary N) is 1. The van der Waals surface area contributed by atoms with Crippen molar-refractivity contribution in [1.29, 1.82) is 0 Å². The Bertz CT molecular complexity index is 402. The van der Waals surface area contributed by atoms with Gasteiger partial charge >= 0.3 is 0 Å². The number of aromatic nitrogens is 2. The molecule has 0 spiro atoms. The van der Waals surface area contributed by atoms with Crippen LogP contribution in [0.2, 0.25) is 0 Å². The first-order valence-corrected chi connectivity index (χ1v) is 7.14. The van der Waals surface area contributed by atoms with Crippen LogP contribution in [0.1, 0.15) is 38.9 Å². The Morgan fingerprint density at radius 2 is 2.32 bits per heavy atom. The Hall–Kier alpha value is -0.910. The predicted octanol–water partition coefficient (Wildman–Crippen LogP) is 1.40. The van der Waals surface area contributed by atoms with E-state index in [0.29, 0.717) is 6.54 Å². The SMILES string of the molecule is CCCn1cncc1C(CN)N1CCOCC1(C)C. The average molecular weight is 266 g/mol. The first kappa shape index (κ1) is 14.5. The van der Waals surface area contributed by atoms with E-state index < -0.39 is 0 Å². The number of nitrogens with zero attached hydrogens (tertiary/aromatic N) is 3. The topological polar surface area (TPSA) is 56.3 Å². The third-order valence-corrected chi connectivity index (χ3v) is 3.86. The van der Waals surface area contributed by atoms with Crippen molar-refractivity contribution in [2.24, 2.45) is 5.73 Å². The predicted molar refractivity (Wildman–Crippen MR) is 75.9 cm³/mol. The van der Waals surface area contributed by atoms with Crippen LogP contribution < -0.4 is 5.73 Å². The molecular formula is C14H26N4O. The van der Waals surface area contributed by atoms with Gasteiger partial charge in [-0.2, -0.15) is 0 Å². The maximum atomic E-state index is 6.06. The minimum absolute atomic E-state index is 0.0175. The molecule has 5 heteroatoms. The molecule has 1 unspecified atom stereocenters. The van der Waals surface area contributed by atoms with Gasteiger partial charge in [-0.1, -0.05) is 6.92 Å². The summed E-state index contributed by atoms with van der Waals surface area (Å²) in [4.78, 5) is 6.76. The molecule has 0 radical (unpaired) electrons. The highest BCUT2D eigenvalue weighted by molar-refractivity contribution is 5.09. The quantitative estimate of drug-likeness (QED) is 0.875. The first-order valence-electron chi connectivity index (χ1n) is 7.14. The number of imidazole rings is 1. The number of ether oxygens (including phenoxy) is 1. The Morgan fingerprint density at radius 3 is 2.95 bits per heavy atom. The summed E-state index contributed by atoms with van der Waals surface area (Å²) >= 11 is 0. The smallest absolute Gasteiger partial charge is 0.0948 e. The van der Waals surface area contributed by atoms with E-state index in [-0.39, 0.29) is 11.6 Å². The Balaban J connectivity index is 2.25. The van der Waals surface area contributed by atoms with Crippen molar-refractivity contribution in [2.45, 2.75) is 45.3 Å².